The van der Waals surface area contributed by atoms with Gasteiger partial charge >= 0.3 is 6.01 Å². The number of fused-ring (bicyclic) bond motifs is 2. The summed E-state index contributed by atoms with van der Waals surface area (Å²) in [7, 11) is 0. The zero-order chi connectivity index (χ0) is 34.0. The molecule has 1 saturated heterocycles. The minimum absolute atomic E-state index is 0.0540. The minimum Gasteiger partial charge on any atom is -0.463 e. The van der Waals surface area contributed by atoms with E-state index in [0.29, 0.717) is 53.7 Å². The Balaban J connectivity index is 1.24. The summed E-state index contributed by atoms with van der Waals surface area (Å²) in [6.45, 7) is 6.49. The molecule has 0 radical (unpaired) electrons. The molecule has 1 aliphatic carbocycles. The number of benzene rings is 3. The van der Waals surface area contributed by atoms with Gasteiger partial charge in [0.15, 0.2) is 22.8 Å². The maximum Gasteiger partial charge on any atom is 0.320 e. The van der Waals surface area contributed by atoms with E-state index in [1.54, 1.807) is 6.33 Å². The van der Waals surface area contributed by atoms with Crippen molar-refractivity contribution in [2.75, 3.05) is 18.5 Å². The molecule has 7 rings (SSSR count). The van der Waals surface area contributed by atoms with E-state index in [1.807, 2.05) is 67.8 Å². The molecule has 252 valence electrons. The number of halogens is 1. The highest BCUT2D eigenvalue weighted by Gasteiger charge is 2.51. The highest BCUT2D eigenvalue weighted by molar-refractivity contribution is 6.30. The van der Waals surface area contributed by atoms with Gasteiger partial charge in [-0.2, -0.15) is 9.97 Å². The van der Waals surface area contributed by atoms with Crippen molar-refractivity contribution < 1.29 is 19.0 Å². The fourth-order valence-corrected chi connectivity index (χ4v) is 6.59. The van der Waals surface area contributed by atoms with Crippen LogP contribution in [0.15, 0.2) is 103 Å². The zero-order valence-electron chi connectivity index (χ0n) is 27.7. The van der Waals surface area contributed by atoms with Crippen molar-refractivity contribution in [1.29, 1.82) is 0 Å². The van der Waals surface area contributed by atoms with Crippen LogP contribution in [-0.4, -0.2) is 56.6 Å². The Labute approximate surface area is 290 Å². The van der Waals surface area contributed by atoms with Crippen LogP contribution in [0.25, 0.3) is 11.2 Å². The van der Waals surface area contributed by atoms with Crippen LogP contribution in [0, 0.1) is 0 Å². The molecule has 0 unspecified atom stereocenters. The van der Waals surface area contributed by atoms with E-state index in [-0.39, 0.29) is 23.9 Å². The third-order valence-electron chi connectivity index (χ3n) is 8.86. The summed E-state index contributed by atoms with van der Waals surface area (Å²) in [5.74, 6) is -0.310. The van der Waals surface area contributed by atoms with Gasteiger partial charge in [0, 0.05) is 36.0 Å². The van der Waals surface area contributed by atoms with Gasteiger partial charge in [-0.25, -0.2) is 4.98 Å². The van der Waals surface area contributed by atoms with Crippen molar-refractivity contribution >= 4 is 34.5 Å². The molecule has 3 aromatic carbocycles. The van der Waals surface area contributed by atoms with Crippen molar-refractivity contribution in [3.05, 3.63) is 125 Å². The second kappa shape index (κ2) is 14.0. The lowest BCUT2D eigenvalue weighted by molar-refractivity contribution is -0.148. The van der Waals surface area contributed by atoms with Gasteiger partial charge in [-0.15, -0.1) is 0 Å². The van der Waals surface area contributed by atoms with Crippen LogP contribution in [0.2, 0.25) is 5.02 Å². The van der Waals surface area contributed by atoms with E-state index in [0.717, 1.165) is 5.56 Å². The first-order chi connectivity index (χ1) is 23.8. The van der Waals surface area contributed by atoms with E-state index in [9.17, 15) is 4.79 Å². The second-order valence-electron chi connectivity index (χ2n) is 12.7. The van der Waals surface area contributed by atoms with Crippen molar-refractivity contribution in [2.24, 2.45) is 0 Å². The van der Waals surface area contributed by atoms with E-state index in [4.69, 9.17) is 40.8 Å². The molecule has 10 nitrogen and oxygen atoms in total. The Hall–Kier alpha value is -4.77. The number of anilines is 1. The fraction of sp³-hybridized carbons (Fsp3) is 0.316. The minimum atomic E-state index is -0.831. The van der Waals surface area contributed by atoms with Gasteiger partial charge in [0.2, 0.25) is 5.91 Å². The number of hydrogen-bond acceptors (Lipinski definition) is 8. The zero-order valence-corrected chi connectivity index (χ0v) is 28.4. The number of amides is 1. The topological polar surface area (TPSA) is 112 Å². The third kappa shape index (κ3) is 7.17. The normalized spacial score (nSPS) is 19.5. The van der Waals surface area contributed by atoms with E-state index < -0.39 is 18.0 Å². The lowest BCUT2D eigenvalue weighted by Crippen LogP contribution is -2.32. The van der Waals surface area contributed by atoms with Gasteiger partial charge in [-0.3, -0.25) is 4.79 Å². The average molecular weight is 679 g/mol. The van der Waals surface area contributed by atoms with Gasteiger partial charge < -0.3 is 29.4 Å². The van der Waals surface area contributed by atoms with Crippen LogP contribution in [0.4, 0.5) is 5.82 Å². The Kier molecular flexibility index (Phi) is 9.35. The first-order valence-electron chi connectivity index (χ1n) is 16.6. The molecule has 1 fully saturated rings. The van der Waals surface area contributed by atoms with Crippen molar-refractivity contribution in [3.63, 3.8) is 0 Å². The fourth-order valence-electron chi connectivity index (χ4n) is 6.47. The first-order valence-corrected chi connectivity index (χ1v) is 17.0. The maximum absolute atomic E-state index is 12.4. The molecule has 2 aromatic heterocycles. The number of hydrogen-bond donors (Lipinski definition) is 2. The number of imidazole rings is 1. The molecule has 0 bridgehead atoms. The van der Waals surface area contributed by atoms with Gasteiger partial charge in [-0.05, 0) is 48.7 Å². The van der Waals surface area contributed by atoms with Crippen LogP contribution in [0.3, 0.4) is 0 Å². The summed E-state index contributed by atoms with van der Waals surface area (Å²) in [6.07, 6.45) is 3.87. The largest absolute Gasteiger partial charge is 0.463 e. The lowest BCUT2D eigenvalue weighted by Gasteiger charge is -2.22. The van der Waals surface area contributed by atoms with E-state index in [2.05, 4.69) is 59.2 Å². The quantitative estimate of drug-likeness (QED) is 0.148. The van der Waals surface area contributed by atoms with Crippen LogP contribution < -0.4 is 15.4 Å². The smallest absolute Gasteiger partial charge is 0.320 e. The molecule has 1 amide bonds. The van der Waals surface area contributed by atoms with E-state index >= 15 is 0 Å². The number of nitrogens with one attached hydrogen (secondary N) is 2. The molecule has 2 N–H and O–H groups in total. The number of ether oxygens (including phenoxy) is 3. The predicted molar refractivity (Wildman–Crippen MR) is 189 cm³/mol. The number of aromatic nitrogens is 4. The molecule has 1 aliphatic heterocycles. The standard InChI is InChI=1S/C38H39ClN6O4/c1-4-31(46)42-29-21-30(34-33(29)48-38(2,3)49-34)45-23-41-32-35(40-22-28(25-11-7-5-8-12-25)26-13-9-6-10-14-26)43-37(44-36(32)45)47-20-19-24-15-17-27(39)18-16-24/h5-18,21,23,28,30,33-34H,4,19-20,22H2,1-3H3,(H,42,46)(H,40,43,44)/t30-,33-,34+/m1/s1. The van der Waals surface area contributed by atoms with Gasteiger partial charge in [0.05, 0.1) is 19.0 Å². The Morgan fingerprint density at radius 2 is 1.67 bits per heavy atom. The number of nitrogens with zero attached hydrogens (tertiary/aromatic N) is 4. The highest BCUT2D eigenvalue weighted by Crippen LogP contribution is 2.43. The number of carbonyl (C=O) groups is 1. The van der Waals surface area contributed by atoms with Crippen molar-refractivity contribution in [3.8, 4) is 6.01 Å². The summed E-state index contributed by atoms with van der Waals surface area (Å²) >= 11 is 6.08. The van der Waals surface area contributed by atoms with Crippen LogP contribution >= 0.6 is 11.6 Å². The monoisotopic (exact) mass is 678 g/mol. The van der Waals surface area contributed by atoms with Crippen molar-refractivity contribution in [1.82, 2.24) is 24.8 Å². The van der Waals surface area contributed by atoms with Crippen LogP contribution in [0.1, 0.15) is 55.8 Å². The lowest BCUT2D eigenvalue weighted by atomic mass is 9.91. The Morgan fingerprint density at radius 1 is 0.980 bits per heavy atom. The van der Waals surface area contributed by atoms with Gasteiger partial charge in [0.25, 0.3) is 0 Å². The Morgan fingerprint density at radius 3 is 2.35 bits per heavy atom. The van der Waals surface area contributed by atoms with Crippen LogP contribution in [-0.2, 0) is 20.7 Å². The summed E-state index contributed by atoms with van der Waals surface area (Å²) in [6, 6.07) is 28.4. The third-order valence-corrected chi connectivity index (χ3v) is 9.11. The first kappa shape index (κ1) is 32.8. The molecule has 3 atom stereocenters. The molecular formula is C38H39ClN6O4. The molecule has 49 heavy (non-hydrogen) atoms. The summed E-state index contributed by atoms with van der Waals surface area (Å²) < 4.78 is 20.8. The summed E-state index contributed by atoms with van der Waals surface area (Å²) in [5, 5.41) is 7.30. The second-order valence-corrected chi connectivity index (χ2v) is 13.1. The van der Waals surface area contributed by atoms with Gasteiger partial charge in [0.1, 0.15) is 12.2 Å². The van der Waals surface area contributed by atoms with E-state index in [1.165, 1.54) is 11.1 Å². The van der Waals surface area contributed by atoms with Gasteiger partial charge in [-0.1, -0.05) is 91.3 Å². The Bertz CT molecular complexity index is 1910. The highest BCUT2D eigenvalue weighted by atomic mass is 35.5. The molecule has 11 heteroatoms. The molecule has 0 saturated carbocycles. The average Bonchev–Trinajstić information content (AvgIpc) is 3.77. The summed E-state index contributed by atoms with van der Waals surface area (Å²) in [5.41, 5.74) is 5.30. The SMILES string of the molecule is CCC(=O)NC1=C[C@@H](n2cnc3c(NCC(c4ccccc4)c4ccccc4)nc(OCCc4ccc(Cl)cc4)nc32)[C@@H]2OC(C)(C)O[C@H]12. The molecule has 5 aromatic rings. The van der Waals surface area contributed by atoms with Crippen LogP contribution in [0.5, 0.6) is 6.01 Å². The molecule has 3 heterocycles. The number of carbonyl (C=O) groups excluding carboxylic acids is 1. The molecule has 0 spiro atoms. The number of rotatable bonds is 12. The molecular weight excluding hydrogens is 640 g/mol. The predicted octanol–water partition coefficient (Wildman–Crippen LogP) is 6.83. The summed E-state index contributed by atoms with van der Waals surface area (Å²) in [4.78, 5) is 27.0. The van der Waals surface area contributed by atoms with Crippen molar-refractivity contribution in [2.45, 2.75) is 63.6 Å². The molecule has 2 aliphatic rings. The maximum atomic E-state index is 12.4.